The average molecular weight is 367 g/mol. The Morgan fingerprint density at radius 3 is 2.64 bits per heavy atom. The zero-order valence-electron chi connectivity index (χ0n) is 14.8. The largest absolute Gasteiger partial charge is 0.393 e. The Hall–Kier alpha value is -0.840. The molecule has 2 heterocycles. The first kappa shape index (κ1) is 17.6. The van der Waals surface area contributed by atoms with Crippen molar-refractivity contribution in [2.24, 2.45) is 5.41 Å². The first-order valence-corrected chi connectivity index (χ1v) is 10.0. The van der Waals surface area contributed by atoms with Crippen LogP contribution in [0, 0.1) is 11.2 Å². The first-order valence-electron chi connectivity index (χ1n) is 9.67. The molecular formula is C20H28ClFN2O. The smallest absolute Gasteiger partial charge is 0.147 e. The van der Waals surface area contributed by atoms with E-state index in [4.69, 9.17) is 11.6 Å². The molecule has 5 heteroatoms. The third kappa shape index (κ3) is 3.67. The van der Waals surface area contributed by atoms with E-state index >= 15 is 0 Å². The van der Waals surface area contributed by atoms with Gasteiger partial charge in [0.25, 0.3) is 0 Å². The fourth-order valence-corrected chi connectivity index (χ4v) is 5.35. The summed E-state index contributed by atoms with van der Waals surface area (Å²) in [6.45, 7) is 4.14. The van der Waals surface area contributed by atoms with Gasteiger partial charge in [-0.1, -0.05) is 11.6 Å². The van der Waals surface area contributed by atoms with E-state index in [2.05, 4.69) is 9.80 Å². The van der Waals surface area contributed by atoms with Gasteiger partial charge in [0.2, 0.25) is 0 Å². The van der Waals surface area contributed by atoms with Crippen LogP contribution in [-0.4, -0.2) is 48.3 Å². The summed E-state index contributed by atoms with van der Waals surface area (Å²) in [5.41, 5.74) is 0.989. The zero-order chi connectivity index (χ0) is 17.4. The van der Waals surface area contributed by atoms with Crippen molar-refractivity contribution in [2.75, 3.05) is 31.1 Å². The summed E-state index contributed by atoms with van der Waals surface area (Å²) in [4.78, 5) is 4.87. The maximum atomic E-state index is 14.4. The number of aliphatic hydroxyl groups is 1. The fraction of sp³-hybridized carbons (Fsp3) is 0.700. The van der Waals surface area contributed by atoms with Crippen LogP contribution in [0.4, 0.5) is 10.1 Å². The Kier molecular flexibility index (Phi) is 4.96. The van der Waals surface area contributed by atoms with Crippen LogP contribution >= 0.6 is 11.6 Å². The molecule has 0 bridgehead atoms. The molecule has 138 valence electrons. The second-order valence-electron chi connectivity index (χ2n) is 8.30. The van der Waals surface area contributed by atoms with E-state index in [1.54, 1.807) is 6.07 Å². The summed E-state index contributed by atoms with van der Waals surface area (Å²) in [6.07, 6.45) is 7.60. The summed E-state index contributed by atoms with van der Waals surface area (Å²) >= 11 is 5.91. The Balaban J connectivity index is 1.44. The standard InChI is InChI=1S/C20H28ClFN2O/c21-15-2-7-19(18(22)12-15)24-10-1-8-20(14-24)9-11-23(13-20)16-3-5-17(25)6-4-16/h2,7,12,16-17,25H,1,3-6,8-11,13-14H2/t16?,17?,20-/m1/s1. The average Bonchev–Trinajstić information content (AvgIpc) is 2.99. The normalized spacial score (nSPS) is 34.0. The van der Waals surface area contributed by atoms with Gasteiger partial charge in [-0.2, -0.15) is 0 Å². The van der Waals surface area contributed by atoms with Crippen molar-refractivity contribution in [2.45, 2.75) is 57.1 Å². The number of nitrogens with zero attached hydrogens (tertiary/aromatic N) is 2. The highest BCUT2D eigenvalue weighted by Gasteiger charge is 2.43. The van der Waals surface area contributed by atoms with Crippen LogP contribution in [0.15, 0.2) is 18.2 Å². The summed E-state index contributed by atoms with van der Waals surface area (Å²) in [6, 6.07) is 5.67. The third-order valence-corrected chi connectivity index (χ3v) is 6.80. The van der Waals surface area contributed by atoms with Gasteiger partial charge in [-0.25, -0.2) is 4.39 Å². The second-order valence-corrected chi connectivity index (χ2v) is 8.74. The van der Waals surface area contributed by atoms with Crippen LogP contribution in [-0.2, 0) is 0 Å². The lowest BCUT2D eigenvalue weighted by Crippen LogP contribution is -2.46. The van der Waals surface area contributed by atoms with Gasteiger partial charge in [-0.3, -0.25) is 4.90 Å². The molecule has 25 heavy (non-hydrogen) atoms. The van der Waals surface area contributed by atoms with Gasteiger partial charge in [0, 0.05) is 36.1 Å². The minimum absolute atomic E-state index is 0.0918. The van der Waals surface area contributed by atoms with Crippen molar-refractivity contribution < 1.29 is 9.50 Å². The number of piperidine rings is 1. The van der Waals surface area contributed by atoms with Crippen LogP contribution in [0.2, 0.25) is 5.02 Å². The van der Waals surface area contributed by atoms with Crippen molar-refractivity contribution in [3.05, 3.63) is 29.0 Å². The molecule has 1 saturated carbocycles. The van der Waals surface area contributed by atoms with Crippen molar-refractivity contribution in [3.8, 4) is 0 Å². The Bertz CT molecular complexity index is 620. The maximum Gasteiger partial charge on any atom is 0.147 e. The molecule has 1 atom stereocenters. The molecule has 1 N–H and O–H groups in total. The van der Waals surface area contributed by atoms with Crippen LogP contribution in [0.1, 0.15) is 44.9 Å². The van der Waals surface area contributed by atoms with E-state index in [1.807, 2.05) is 6.07 Å². The number of likely N-dealkylation sites (tertiary alicyclic amines) is 1. The number of rotatable bonds is 2. The molecule has 1 aliphatic carbocycles. The topological polar surface area (TPSA) is 26.7 Å². The van der Waals surface area contributed by atoms with E-state index in [-0.39, 0.29) is 11.9 Å². The predicted octanol–water partition coefficient (Wildman–Crippen LogP) is 4.07. The molecule has 3 aliphatic rings. The summed E-state index contributed by atoms with van der Waals surface area (Å²) in [5, 5.41) is 10.2. The second kappa shape index (κ2) is 7.05. The molecule has 0 aromatic heterocycles. The summed E-state index contributed by atoms with van der Waals surface area (Å²) in [5.74, 6) is -0.208. The lowest BCUT2D eigenvalue weighted by atomic mass is 9.79. The molecule has 1 aromatic rings. The highest BCUT2D eigenvalue weighted by atomic mass is 35.5. The zero-order valence-corrected chi connectivity index (χ0v) is 15.5. The van der Waals surface area contributed by atoms with Crippen molar-refractivity contribution in [3.63, 3.8) is 0 Å². The van der Waals surface area contributed by atoms with E-state index in [0.29, 0.717) is 22.2 Å². The molecule has 2 aliphatic heterocycles. The predicted molar refractivity (Wildman–Crippen MR) is 99.7 cm³/mol. The first-order chi connectivity index (χ1) is 12.0. The quantitative estimate of drug-likeness (QED) is 0.854. The lowest BCUT2D eigenvalue weighted by molar-refractivity contribution is 0.0770. The van der Waals surface area contributed by atoms with Crippen molar-refractivity contribution >= 4 is 17.3 Å². The fourth-order valence-electron chi connectivity index (χ4n) is 5.19. The minimum Gasteiger partial charge on any atom is -0.393 e. The van der Waals surface area contributed by atoms with Gasteiger partial charge in [0.05, 0.1) is 11.8 Å². The lowest BCUT2D eigenvalue weighted by Gasteiger charge is -2.42. The van der Waals surface area contributed by atoms with Crippen LogP contribution in [0.25, 0.3) is 0 Å². The number of aliphatic hydroxyl groups excluding tert-OH is 1. The molecule has 3 fully saturated rings. The molecule has 0 unspecified atom stereocenters. The Morgan fingerprint density at radius 2 is 1.88 bits per heavy atom. The van der Waals surface area contributed by atoms with Gasteiger partial charge >= 0.3 is 0 Å². The van der Waals surface area contributed by atoms with Crippen LogP contribution in [0.5, 0.6) is 0 Å². The number of halogens is 2. The minimum atomic E-state index is -0.208. The van der Waals surface area contributed by atoms with Crippen LogP contribution in [0.3, 0.4) is 0 Å². The van der Waals surface area contributed by atoms with Gasteiger partial charge in [0.1, 0.15) is 5.82 Å². The monoisotopic (exact) mass is 366 g/mol. The Labute approximate surface area is 154 Å². The molecule has 2 saturated heterocycles. The molecular weight excluding hydrogens is 339 g/mol. The maximum absolute atomic E-state index is 14.4. The summed E-state index contributed by atoms with van der Waals surface area (Å²) in [7, 11) is 0. The van der Waals surface area contributed by atoms with Crippen molar-refractivity contribution in [1.29, 1.82) is 0 Å². The van der Waals surface area contributed by atoms with E-state index in [0.717, 1.165) is 58.3 Å². The SMILES string of the molecule is OC1CCC(N2CC[C@]3(CCCN(c4ccc(Cl)cc4F)C3)C2)CC1. The molecule has 0 amide bonds. The van der Waals surface area contributed by atoms with Crippen LogP contribution < -0.4 is 4.90 Å². The highest BCUT2D eigenvalue weighted by molar-refractivity contribution is 6.30. The molecule has 0 radical (unpaired) electrons. The molecule has 4 rings (SSSR count). The van der Waals surface area contributed by atoms with E-state index in [9.17, 15) is 9.50 Å². The number of hydrogen-bond acceptors (Lipinski definition) is 3. The third-order valence-electron chi connectivity index (χ3n) is 6.56. The Morgan fingerprint density at radius 1 is 1.08 bits per heavy atom. The molecule has 1 aromatic carbocycles. The summed E-state index contributed by atoms with van der Waals surface area (Å²) < 4.78 is 14.4. The van der Waals surface area contributed by atoms with Gasteiger partial charge in [-0.15, -0.1) is 0 Å². The number of hydrogen-bond donors (Lipinski definition) is 1. The molecule has 1 spiro atoms. The number of anilines is 1. The van der Waals surface area contributed by atoms with Gasteiger partial charge in [0.15, 0.2) is 0 Å². The van der Waals surface area contributed by atoms with E-state index in [1.165, 1.54) is 18.9 Å². The highest BCUT2D eigenvalue weighted by Crippen LogP contribution is 2.42. The van der Waals surface area contributed by atoms with E-state index < -0.39 is 0 Å². The molecule has 3 nitrogen and oxygen atoms in total. The van der Waals surface area contributed by atoms with Gasteiger partial charge < -0.3 is 10.0 Å². The van der Waals surface area contributed by atoms with Crippen molar-refractivity contribution in [1.82, 2.24) is 4.90 Å². The number of benzene rings is 1. The van der Waals surface area contributed by atoms with Gasteiger partial charge in [-0.05, 0) is 69.7 Å².